The van der Waals surface area contributed by atoms with Gasteiger partial charge in [0.05, 0.1) is 24.3 Å². The molecule has 1 heterocycles. The third kappa shape index (κ3) is 5.02. The van der Waals surface area contributed by atoms with Gasteiger partial charge in [0.1, 0.15) is 11.9 Å². The molecule has 1 unspecified atom stereocenters. The largest absolute Gasteiger partial charge is 0.462 e. The Bertz CT molecular complexity index is 1300. The molecule has 1 saturated heterocycles. The molecule has 0 aromatic heterocycles. The van der Waals surface area contributed by atoms with Crippen molar-refractivity contribution in [2.75, 3.05) is 11.5 Å². The number of carbonyl (C=O) groups is 4. The molecule has 0 N–H and O–H groups in total. The molecule has 36 heavy (non-hydrogen) atoms. The van der Waals surface area contributed by atoms with Crippen molar-refractivity contribution in [2.24, 2.45) is 0 Å². The monoisotopic (exact) mass is 488 g/mol. The summed E-state index contributed by atoms with van der Waals surface area (Å²) in [5, 5.41) is 0. The average Bonchev–Trinajstić information content (AvgIpc) is 3.17. The Morgan fingerprint density at radius 2 is 1.67 bits per heavy atom. The fourth-order valence-corrected chi connectivity index (χ4v) is 4.17. The minimum atomic E-state index is -1.04. The van der Waals surface area contributed by atoms with Crippen LogP contribution in [0.4, 0.5) is 10.1 Å². The summed E-state index contributed by atoms with van der Waals surface area (Å²) in [7, 11) is 0. The number of anilines is 1. The summed E-state index contributed by atoms with van der Waals surface area (Å²) in [5.41, 5.74) is 2.36. The number of halogens is 1. The maximum atomic E-state index is 13.6. The van der Waals surface area contributed by atoms with Crippen molar-refractivity contribution in [3.63, 3.8) is 0 Å². The topological polar surface area (TPSA) is 84.0 Å². The standard InChI is InChI=1S/C28H25FN2O5/c1-3-36-28(35)20-10-14-22(15-11-20)31-25(32)16-24(27(31)34)30(17-19-8-12-21(29)13-9-19)26(33)23-7-5-4-6-18(23)2/h4-15,24H,3,16-17H2,1-2H3. The second-order valence-electron chi connectivity index (χ2n) is 8.43. The highest BCUT2D eigenvalue weighted by molar-refractivity contribution is 6.23. The van der Waals surface area contributed by atoms with Crippen molar-refractivity contribution in [1.29, 1.82) is 0 Å². The maximum Gasteiger partial charge on any atom is 0.338 e. The smallest absolute Gasteiger partial charge is 0.338 e. The van der Waals surface area contributed by atoms with E-state index in [0.717, 1.165) is 10.5 Å². The van der Waals surface area contributed by atoms with Gasteiger partial charge in [0.2, 0.25) is 5.91 Å². The van der Waals surface area contributed by atoms with Gasteiger partial charge in [-0.25, -0.2) is 14.1 Å². The number of aryl methyl sites for hydroxylation is 1. The Morgan fingerprint density at radius 3 is 2.31 bits per heavy atom. The van der Waals surface area contributed by atoms with E-state index in [1.165, 1.54) is 41.3 Å². The van der Waals surface area contributed by atoms with Gasteiger partial charge in [0.15, 0.2) is 0 Å². The minimum Gasteiger partial charge on any atom is -0.462 e. The first-order valence-electron chi connectivity index (χ1n) is 11.5. The second kappa shape index (κ2) is 10.5. The van der Waals surface area contributed by atoms with Crippen LogP contribution in [0.15, 0.2) is 72.8 Å². The quantitative estimate of drug-likeness (QED) is 0.366. The Balaban J connectivity index is 1.65. The lowest BCUT2D eigenvalue weighted by atomic mass is 10.0. The highest BCUT2D eigenvalue weighted by Gasteiger charge is 2.44. The van der Waals surface area contributed by atoms with Gasteiger partial charge in [-0.2, -0.15) is 0 Å². The van der Waals surface area contributed by atoms with E-state index in [1.54, 1.807) is 44.2 Å². The van der Waals surface area contributed by atoms with E-state index >= 15 is 0 Å². The molecule has 3 amide bonds. The highest BCUT2D eigenvalue weighted by atomic mass is 19.1. The molecule has 0 spiro atoms. The van der Waals surface area contributed by atoms with Crippen molar-refractivity contribution in [3.8, 4) is 0 Å². The molecule has 0 bridgehead atoms. The van der Waals surface area contributed by atoms with Crippen LogP contribution in [0.3, 0.4) is 0 Å². The van der Waals surface area contributed by atoms with E-state index in [0.29, 0.717) is 22.4 Å². The van der Waals surface area contributed by atoms with Gasteiger partial charge in [-0.15, -0.1) is 0 Å². The van der Waals surface area contributed by atoms with E-state index in [1.807, 2.05) is 6.07 Å². The van der Waals surface area contributed by atoms with E-state index in [9.17, 15) is 23.6 Å². The lowest BCUT2D eigenvalue weighted by Crippen LogP contribution is -2.45. The Kier molecular flexibility index (Phi) is 7.24. The normalized spacial score (nSPS) is 15.2. The van der Waals surface area contributed by atoms with Gasteiger partial charge in [-0.1, -0.05) is 30.3 Å². The van der Waals surface area contributed by atoms with Crippen LogP contribution in [-0.2, 0) is 20.9 Å². The van der Waals surface area contributed by atoms with E-state index in [2.05, 4.69) is 0 Å². The molecule has 0 aliphatic carbocycles. The molecule has 0 saturated carbocycles. The molecule has 3 aromatic rings. The summed E-state index contributed by atoms with van der Waals surface area (Å²) in [6, 6.07) is 17.6. The molecule has 1 aliphatic heterocycles. The first-order valence-corrected chi connectivity index (χ1v) is 11.5. The van der Waals surface area contributed by atoms with Crippen molar-refractivity contribution in [3.05, 3.63) is 101 Å². The summed E-state index contributed by atoms with van der Waals surface area (Å²) < 4.78 is 18.4. The third-order valence-electron chi connectivity index (χ3n) is 6.04. The van der Waals surface area contributed by atoms with Gasteiger partial charge in [-0.05, 0) is 67.4 Å². The summed E-state index contributed by atoms with van der Waals surface area (Å²) in [6.45, 7) is 3.74. The molecule has 4 rings (SSSR count). The predicted octanol–water partition coefficient (Wildman–Crippen LogP) is 4.29. The average molecular weight is 489 g/mol. The lowest BCUT2D eigenvalue weighted by molar-refractivity contribution is -0.122. The summed E-state index contributed by atoms with van der Waals surface area (Å²) in [4.78, 5) is 54.4. The second-order valence-corrected chi connectivity index (χ2v) is 8.43. The van der Waals surface area contributed by atoms with Crippen LogP contribution in [0.5, 0.6) is 0 Å². The number of benzene rings is 3. The van der Waals surface area contributed by atoms with Crippen LogP contribution in [0, 0.1) is 12.7 Å². The number of hydrogen-bond donors (Lipinski definition) is 0. The van der Waals surface area contributed by atoms with Crippen LogP contribution < -0.4 is 4.90 Å². The van der Waals surface area contributed by atoms with Crippen LogP contribution in [-0.4, -0.2) is 41.2 Å². The fourth-order valence-electron chi connectivity index (χ4n) is 4.17. The first-order chi connectivity index (χ1) is 17.3. The number of rotatable bonds is 7. The molecule has 7 nitrogen and oxygen atoms in total. The van der Waals surface area contributed by atoms with Crippen molar-refractivity contribution < 1.29 is 28.3 Å². The van der Waals surface area contributed by atoms with Crippen molar-refractivity contribution >= 4 is 29.4 Å². The minimum absolute atomic E-state index is 0.0206. The first kappa shape index (κ1) is 24.8. The summed E-state index contributed by atoms with van der Waals surface area (Å²) in [5.74, 6) is -2.33. The van der Waals surface area contributed by atoms with E-state index in [4.69, 9.17) is 4.74 Å². The molecule has 8 heteroatoms. The number of amides is 3. The zero-order chi connectivity index (χ0) is 25.8. The molecule has 1 fully saturated rings. The van der Waals surface area contributed by atoms with E-state index in [-0.39, 0.29) is 19.6 Å². The lowest BCUT2D eigenvalue weighted by Gasteiger charge is -2.28. The SMILES string of the molecule is CCOC(=O)c1ccc(N2C(=O)CC(N(Cc3ccc(F)cc3)C(=O)c3ccccc3C)C2=O)cc1. The van der Waals surface area contributed by atoms with Gasteiger partial charge < -0.3 is 9.64 Å². The zero-order valence-corrected chi connectivity index (χ0v) is 19.9. The van der Waals surface area contributed by atoms with Crippen molar-refractivity contribution in [1.82, 2.24) is 4.90 Å². The molecular formula is C28H25FN2O5. The van der Waals surface area contributed by atoms with Crippen LogP contribution >= 0.6 is 0 Å². The van der Waals surface area contributed by atoms with Gasteiger partial charge in [0, 0.05) is 12.1 Å². The van der Waals surface area contributed by atoms with Gasteiger partial charge in [0.25, 0.3) is 11.8 Å². The Morgan fingerprint density at radius 1 is 1.00 bits per heavy atom. The number of ether oxygens (including phenoxy) is 1. The van der Waals surface area contributed by atoms with Crippen molar-refractivity contribution in [2.45, 2.75) is 32.9 Å². The van der Waals surface area contributed by atoms with Gasteiger partial charge in [-0.3, -0.25) is 14.4 Å². The van der Waals surface area contributed by atoms with Gasteiger partial charge >= 0.3 is 5.97 Å². The Labute approximate surface area is 208 Å². The zero-order valence-electron chi connectivity index (χ0n) is 19.9. The third-order valence-corrected chi connectivity index (χ3v) is 6.04. The number of hydrogen-bond acceptors (Lipinski definition) is 5. The summed E-state index contributed by atoms with van der Waals surface area (Å²) >= 11 is 0. The van der Waals surface area contributed by atoms with Crippen LogP contribution in [0.2, 0.25) is 0 Å². The van der Waals surface area contributed by atoms with E-state index < -0.39 is 35.5 Å². The molecule has 0 radical (unpaired) electrons. The highest BCUT2D eigenvalue weighted by Crippen LogP contribution is 2.29. The fraction of sp³-hybridized carbons (Fsp3) is 0.214. The van der Waals surface area contributed by atoms with Crippen LogP contribution in [0.25, 0.3) is 0 Å². The molecular weight excluding hydrogens is 463 g/mol. The Hall–Kier alpha value is -4.33. The predicted molar refractivity (Wildman–Crippen MR) is 131 cm³/mol. The number of carbonyl (C=O) groups excluding carboxylic acids is 4. The van der Waals surface area contributed by atoms with Crippen LogP contribution in [0.1, 0.15) is 45.2 Å². The molecule has 1 aliphatic rings. The maximum absolute atomic E-state index is 13.6. The molecule has 184 valence electrons. The number of esters is 1. The molecule has 3 aromatic carbocycles. The number of imide groups is 1. The molecule has 1 atom stereocenters. The summed E-state index contributed by atoms with van der Waals surface area (Å²) in [6.07, 6.45) is -0.197. The number of nitrogens with zero attached hydrogens (tertiary/aromatic N) is 2.